The molecule has 0 aliphatic rings. The Kier molecular flexibility index (Phi) is 6.03. The van der Waals surface area contributed by atoms with Crippen molar-refractivity contribution in [3.05, 3.63) is 35.4 Å². The van der Waals surface area contributed by atoms with Gasteiger partial charge >= 0.3 is 5.97 Å². The third-order valence-corrected chi connectivity index (χ3v) is 2.38. The number of nitrogens with two attached hydrogens (primary N) is 1. The molecule has 1 aromatic rings. The molecule has 4 N–H and O–H groups in total. The van der Waals surface area contributed by atoms with Crippen LogP contribution < -0.4 is 5.73 Å². The van der Waals surface area contributed by atoms with Crippen molar-refractivity contribution in [2.24, 2.45) is 5.73 Å². The summed E-state index contributed by atoms with van der Waals surface area (Å²) in [6, 6.07) is 6.52. The molecule has 0 bridgehead atoms. The van der Waals surface area contributed by atoms with Crippen LogP contribution in [-0.4, -0.2) is 16.2 Å². The van der Waals surface area contributed by atoms with Crippen molar-refractivity contribution in [3.8, 4) is 0 Å². The predicted molar refractivity (Wildman–Crippen MR) is 66.9 cm³/mol. The summed E-state index contributed by atoms with van der Waals surface area (Å²) in [7, 11) is 0. The Balaban J connectivity index is 0.00000196. The van der Waals surface area contributed by atoms with Crippen LogP contribution in [0.5, 0.6) is 0 Å². The van der Waals surface area contributed by atoms with E-state index in [0.717, 1.165) is 5.56 Å². The van der Waals surface area contributed by atoms with Crippen LogP contribution in [-0.2, 0) is 5.75 Å². The standard InChI is InChI=1S/C9H10N2O2S.BrH/c10-9(11)14-5-6-1-3-7(4-2-6)8(12)13;/h1-4H,5H2,(H3,10,11)(H,12,13);1H. The SMILES string of the molecule is Br.N=C(N)SCc1ccc(C(=O)O)cc1. The number of carboxylic acids is 1. The maximum atomic E-state index is 10.5. The number of halogens is 1. The van der Waals surface area contributed by atoms with E-state index >= 15 is 0 Å². The molecule has 0 unspecified atom stereocenters. The minimum Gasteiger partial charge on any atom is -0.478 e. The van der Waals surface area contributed by atoms with E-state index in [1.807, 2.05) is 0 Å². The van der Waals surface area contributed by atoms with Gasteiger partial charge in [-0.2, -0.15) is 0 Å². The number of benzene rings is 1. The largest absolute Gasteiger partial charge is 0.478 e. The minimum atomic E-state index is -0.934. The van der Waals surface area contributed by atoms with Gasteiger partial charge in [0.15, 0.2) is 5.17 Å². The lowest BCUT2D eigenvalue weighted by atomic mass is 10.1. The van der Waals surface area contributed by atoms with Gasteiger partial charge in [-0.3, -0.25) is 5.41 Å². The summed E-state index contributed by atoms with van der Waals surface area (Å²) < 4.78 is 0. The molecule has 1 aromatic carbocycles. The lowest BCUT2D eigenvalue weighted by molar-refractivity contribution is 0.0697. The summed E-state index contributed by atoms with van der Waals surface area (Å²) in [6.07, 6.45) is 0. The van der Waals surface area contributed by atoms with Gasteiger partial charge in [-0.05, 0) is 17.7 Å². The zero-order valence-electron chi connectivity index (χ0n) is 7.77. The van der Waals surface area contributed by atoms with Crippen LogP contribution in [0.1, 0.15) is 15.9 Å². The van der Waals surface area contributed by atoms with Crippen molar-refractivity contribution in [1.82, 2.24) is 0 Å². The predicted octanol–water partition coefficient (Wildman–Crippen LogP) is 2.09. The van der Waals surface area contributed by atoms with Crippen LogP contribution in [0.25, 0.3) is 0 Å². The highest BCUT2D eigenvalue weighted by Crippen LogP contribution is 2.12. The molecule has 0 saturated carbocycles. The van der Waals surface area contributed by atoms with Gasteiger partial charge in [0.25, 0.3) is 0 Å². The number of carbonyl (C=O) groups is 1. The van der Waals surface area contributed by atoms with Crippen LogP contribution in [0, 0.1) is 5.41 Å². The normalized spacial score (nSPS) is 9.07. The van der Waals surface area contributed by atoms with Crippen LogP contribution in [0.2, 0.25) is 0 Å². The van der Waals surface area contributed by atoms with E-state index in [0.29, 0.717) is 5.75 Å². The van der Waals surface area contributed by atoms with Crippen molar-refractivity contribution >= 4 is 39.9 Å². The lowest BCUT2D eigenvalue weighted by Crippen LogP contribution is -2.03. The molecule has 0 saturated heterocycles. The molecule has 0 radical (unpaired) electrons. The van der Waals surface area contributed by atoms with Crippen LogP contribution >= 0.6 is 28.7 Å². The fourth-order valence-electron chi connectivity index (χ4n) is 0.905. The van der Waals surface area contributed by atoms with Gasteiger partial charge in [-0.1, -0.05) is 23.9 Å². The second kappa shape index (κ2) is 6.47. The van der Waals surface area contributed by atoms with E-state index in [9.17, 15) is 4.79 Å². The zero-order valence-corrected chi connectivity index (χ0v) is 10.3. The summed E-state index contributed by atoms with van der Waals surface area (Å²) in [4.78, 5) is 10.5. The summed E-state index contributed by atoms with van der Waals surface area (Å²) in [5, 5.41) is 15.7. The van der Waals surface area contributed by atoms with Crippen molar-refractivity contribution in [2.45, 2.75) is 5.75 Å². The molecule has 0 aromatic heterocycles. The highest BCUT2D eigenvalue weighted by atomic mass is 79.9. The number of nitrogens with one attached hydrogen (secondary N) is 1. The summed E-state index contributed by atoms with van der Waals surface area (Å²) in [5.41, 5.74) is 6.39. The number of carboxylic acid groups (broad SMARTS) is 1. The van der Waals surface area contributed by atoms with Crippen LogP contribution in [0.3, 0.4) is 0 Å². The molecule has 0 amide bonds. The molecule has 6 heteroatoms. The molecule has 0 spiro atoms. The molecular weight excluding hydrogens is 280 g/mol. The van der Waals surface area contributed by atoms with Crippen molar-refractivity contribution in [2.75, 3.05) is 0 Å². The molecule has 0 atom stereocenters. The Morgan fingerprint density at radius 2 is 1.93 bits per heavy atom. The zero-order chi connectivity index (χ0) is 10.6. The molecule has 0 aliphatic heterocycles. The average molecular weight is 291 g/mol. The second-order valence-corrected chi connectivity index (χ2v) is 3.67. The monoisotopic (exact) mass is 290 g/mol. The first-order valence-electron chi connectivity index (χ1n) is 3.88. The maximum Gasteiger partial charge on any atom is 0.335 e. The fourth-order valence-corrected chi connectivity index (χ4v) is 1.42. The smallest absolute Gasteiger partial charge is 0.335 e. The van der Waals surface area contributed by atoms with E-state index in [2.05, 4.69) is 0 Å². The van der Waals surface area contributed by atoms with Crippen LogP contribution in [0.15, 0.2) is 24.3 Å². The molecular formula is C9H11BrN2O2S. The molecule has 15 heavy (non-hydrogen) atoms. The summed E-state index contributed by atoms with van der Waals surface area (Å²) in [6.45, 7) is 0. The lowest BCUT2D eigenvalue weighted by Gasteiger charge is -2.00. The number of rotatable bonds is 3. The quantitative estimate of drug-likeness (QED) is 0.588. The number of hydrogen-bond acceptors (Lipinski definition) is 3. The van der Waals surface area contributed by atoms with E-state index in [1.165, 1.54) is 11.8 Å². The average Bonchev–Trinajstić information content (AvgIpc) is 2.15. The Morgan fingerprint density at radius 1 is 1.40 bits per heavy atom. The molecule has 4 nitrogen and oxygen atoms in total. The first-order chi connectivity index (χ1) is 6.59. The molecule has 0 aliphatic carbocycles. The number of hydrogen-bond donors (Lipinski definition) is 3. The van der Waals surface area contributed by atoms with Gasteiger partial charge < -0.3 is 10.8 Å². The number of aromatic carboxylic acids is 1. The number of thioether (sulfide) groups is 1. The van der Waals surface area contributed by atoms with Crippen LogP contribution in [0.4, 0.5) is 0 Å². The van der Waals surface area contributed by atoms with Gasteiger partial charge in [0, 0.05) is 5.75 Å². The second-order valence-electron chi connectivity index (χ2n) is 2.66. The van der Waals surface area contributed by atoms with Gasteiger partial charge in [-0.25, -0.2) is 4.79 Å². The maximum absolute atomic E-state index is 10.5. The third-order valence-electron chi connectivity index (χ3n) is 1.60. The Morgan fingerprint density at radius 3 is 2.33 bits per heavy atom. The molecule has 0 fully saturated rings. The molecule has 82 valence electrons. The van der Waals surface area contributed by atoms with E-state index in [1.54, 1.807) is 24.3 Å². The topological polar surface area (TPSA) is 87.2 Å². The first-order valence-corrected chi connectivity index (χ1v) is 4.87. The summed E-state index contributed by atoms with van der Waals surface area (Å²) >= 11 is 1.21. The summed E-state index contributed by atoms with van der Waals surface area (Å²) in [5.74, 6) is -0.342. The highest BCUT2D eigenvalue weighted by Gasteiger charge is 2.01. The fraction of sp³-hybridized carbons (Fsp3) is 0.111. The third kappa shape index (κ3) is 4.85. The Bertz CT molecular complexity index is 354. The van der Waals surface area contributed by atoms with Gasteiger partial charge in [0.05, 0.1) is 5.56 Å². The van der Waals surface area contributed by atoms with E-state index < -0.39 is 5.97 Å². The molecule has 0 heterocycles. The van der Waals surface area contributed by atoms with E-state index in [-0.39, 0.29) is 27.7 Å². The molecule has 1 rings (SSSR count). The van der Waals surface area contributed by atoms with Gasteiger partial charge in [-0.15, -0.1) is 17.0 Å². The van der Waals surface area contributed by atoms with E-state index in [4.69, 9.17) is 16.2 Å². The van der Waals surface area contributed by atoms with Crippen molar-refractivity contribution in [3.63, 3.8) is 0 Å². The van der Waals surface area contributed by atoms with Gasteiger partial charge in [0.1, 0.15) is 0 Å². The van der Waals surface area contributed by atoms with Crippen molar-refractivity contribution in [1.29, 1.82) is 5.41 Å². The Hall–Kier alpha value is -1.01. The van der Waals surface area contributed by atoms with Gasteiger partial charge in [0.2, 0.25) is 0 Å². The number of amidine groups is 1. The first kappa shape index (κ1) is 14.0. The minimum absolute atomic E-state index is 0. The van der Waals surface area contributed by atoms with Crippen molar-refractivity contribution < 1.29 is 9.90 Å². The highest BCUT2D eigenvalue weighted by molar-refractivity contribution is 8.93. The Labute approximate surface area is 102 Å².